The van der Waals surface area contributed by atoms with Crippen LogP contribution < -0.4 is 5.32 Å². The summed E-state index contributed by atoms with van der Waals surface area (Å²) in [5.74, 6) is -0.0751. The maximum absolute atomic E-state index is 12.2. The number of benzene rings is 2. The maximum Gasteiger partial charge on any atom is 0.246 e. The second-order valence-electron chi connectivity index (χ2n) is 5.29. The molecule has 3 aromatic rings. The van der Waals surface area contributed by atoms with Crippen LogP contribution in [0.4, 0.5) is 5.69 Å². The Morgan fingerprint density at radius 1 is 1.14 bits per heavy atom. The van der Waals surface area contributed by atoms with E-state index in [1.54, 1.807) is 10.9 Å². The predicted octanol–water partition coefficient (Wildman–Crippen LogP) is 3.29. The van der Waals surface area contributed by atoms with Crippen molar-refractivity contribution in [2.45, 2.75) is 20.4 Å². The van der Waals surface area contributed by atoms with Crippen molar-refractivity contribution >= 4 is 22.5 Å². The van der Waals surface area contributed by atoms with Gasteiger partial charge in [0.15, 0.2) is 0 Å². The van der Waals surface area contributed by atoms with Crippen molar-refractivity contribution in [2.75, 3.05) is 5.32 Å². The van der Waals surface area contributed by atoms with Gasteiger partial charge in [-0.2, -0.15) is 5.10 Å². The predicted molar refractivity (Wildman–Crippen MR) is 84.3 cm³/mol. The number of para-hydroxylation sites is 1. The van der Waals surface area contributed by atoms with Crippen molar-refractivity contribution in [1.82, 2.24) is 9.78 Å². The van der Waals surface area contributed by atoms with Crippen LogP contribution in [-0.2, 0) is 11.3 Å². The van der Waals surface area contributed by atoms with Gasteiger partial charge in [-0.05, 0) is 43.2 Å². The Morgan fingerprint density at radius 2 is 1.86 bits per heavy atom. The lowest BCUT2D eigenvalue weighted by atomic mass is 10.1. The maximum atomic E-state index is 12.2. The molecule has 0 aliphatic rings. The van der Waals surface area contributed by atoms with Gasteiger partial charge in [-0.25, -0.2) is 0 Å². The van der Waals surface area contributed by atoms with E-state index >= 15 is 0 Å². The highest BCUT2D eigenvalue weighted by molar-refractivity contribution is 5.91. The summed E-state index contributed by atoms with van der Waals surface area (Å²) >= 11 is 0. The van der Waals surface area contributed by atoms with Crippen LogP contribution in [0.2, 0.25) is 0 Å². The zero-order chi connectivity index (χ0) is 14.8. The molecule has 0 saturated carbocycles. The molecule has 1 heterocycles. The summed E-state index contributed by atoms with van der Waals surface area (Å²) in [5.41, 5.74) is 4.06. The highest BCUT2D eigenvalue weighted by Gasteiger charge is 2.08. The van der Waals surface area contributed by atoms with Gasteiger partial charge in [0.05, 0.1) is 11.7 Å². The Bertz CT molecular complexity index is 784. The van der Waals surface area contributed by atoms with Crippen molar-refractivity contribution in [2.24, 2.45) is 0 Å². The van der Waals surface area contributed by atoms with Crippen molar-refractivity contribution in [1.29, 1.82) is 0 Å². The molecule has 0 spiro atoms. The summed E-state index contributed by atoms with van der Waals surface area (Å²) in [6, 6.07) is 13.9. The van der Waals surface area contributed by atoms with Crippen LogP contribution in [0.25, 0.3) is 10.9 Å². The van der Waals surface area contributed by atoms with E-state index in [4.69, 9.17) is 0 Å². The third-order valence-corrected chi connectivity index (χ3v) is 3.35. The number of carbonyl (C=O) groups excluding carboxylic acids is 1. The average molecular weight is 279 g/mol. The number of hydrogen-bond acceptors (Lipinski definition) is 2. The number of rotatable bonds is 3. The second kappa shape index (κ2) is 5.40. The van der Waals surface area contributed by atoms with Gasteiger partial charge < -0.3 is 5.32 Å². The summed E-state index contributed by atoms with van der Waals surface area (Å²) in [5, 5.41) is 8.23. The third kappa shape index (κ3) is 2.94. The number of amides is 1. The molecule has 1 amide bonds. The van der Waals surface area contributed by atoms with Crippen LogP contribution in [0, 0.1) is 13.8 Å². The molecule has 0 aliphatic carbocycles. The van der Waals surface area contributed by atoms with Gasteiger partial charge in [-0.1, -0.05) is 24.3 Å². The largest absolute Gasteiger partial charge is 0.324 e. The number of carbonyl (C=O) groups is 1. The van der Waals surface area contributed by atoms with Gasteiger partial charge >= 0.3 is 0 Å². The first-order chi connectivity index (χ1) is 10.1. The Kier molecular flexibility index (Phi) is 3.44. The highest BCUT2D eigenvalue weighted by Crippen LogP contribution is 2.15. The number of nitrogens with one attached hydrogen (secondary N) is 1. The highest BCUT2D eigenvalue weighted by atomic mass is 16.2. The molecule has 3 rings (SSSR count). The molecule has 0 aliphatic heterocycles. The minimum atomic E-state index is -0.0751. The van der Waals surface area contributed by atoms with E-state index in [1.807, 2.05) is 50.2 Å². The van der Waals surface area contributed by atoms with Crippen LogP contribution in [-0.4, -0.2) is 15.7 Å². The third-order valence-electron chi connectivity index (χ3n) is 3.35. The first-order valence-corrected chi connectivity index (χ1v) is 6.90. The fourth-order valence-electron chi connectivity index (χ4n) is 2.54. The molecule has 0 unspecified atom stereocenters. The lowest BCUT2D eigenvalue weighted by molar-refractivity contribution is -0.116. The summed E-state index contributed by atoms with van der Waals surface area (Å²) in [6.07, 6.45) is 1.78. The molecule has 0 atom stereocenters. The Morgan fingerprint density at radius 3 is 2.62 bits per heavy atom. The second-order valence-corrected chi connectivity index (χ2v) is 5.29. The SMILES string of the molecule is Cc1cc(C)cc(NC(=O)Cn2ncc3ccccc32)c1. The minimum absolute atomic E-state index is 0.0751. The molecular weight excluding hydrogens is 262 g/mol. The molecule has 0 radical (unpaired) electrons. The van der Waals surface area contributed by atoms with E-state index < -0.39 is 0 Å². The first-order valence-electron chi connectivity index (χ1n) is 6.90. The molecule has 4 nitrogen and oxygen atoms in total. The van der Waals surface area contributed by atoms with E-state index in [-0.39, 0.29) is 12.5 Å². The Hall–Kier alpha value is -2.62. The van der Waals surface area contributed by atoms with E-state index in [2.05, 4.69) is 16.5 Å². The standard InChI is InChI=1S/C17H17N3O/c1-12-7-13(2)9-15(8-12)19-17(21)11-20-16-6-4-3-5-14(16)10-18-20/h3-10H,11H2,1-2H3,(H,19,21). The lowest BCUT2D eigenvalue weighted by Gasteiger charge is -2.08. The molecule has 21 heavy (non-hydrogen) atoms. The van der Waals surface area contributed by atoms with Crippen LogP contribution >= 0.6 is 0 Å². The summed E-state index contributed by atoms with van der Waals surface area (Å²) in [4.78, 5) is 12.2. The minimum Gasteiger partial charge on any atom is -0.324 e. The fourth-order valence-corrected chi connectivity index (χ4v) is 2.54. The number of aryl methyl sites for hydroxylation is 2. The molecule has 0 saturated heterocycles. The van der Waals surface area contributed by atoms with Gasteiger partial charge in [0.25, 0.3) is 0 Å². The van der Waals surface area contributed by atoms with Crippen molar-refractivity contribution in [3.8, 4) is 0 Å². The van der Waals surface area contributed by atoms with Crippen molar-refractivity contribution in [3.63, 3.8) is 0 Å². The number of fused-ring (bicyclic) bond motifs is 1. The smallest absolute Gasteiger partial charge is 0.246 e. The molecule has 106 valence electrons. The van der Waals surface area contributed by atoms with Crippen LogP contribution in [0.1, 0.15) is 11.1 Å². The van der Waals surface area contributed by atoms with Gasteiger partial charge in [0, 0.05) is 11.1 Å². The zero-order valence-corrected chi connectivity index (χ0v) is 12.1. The number of aromatic nitrogens is 2. The summed E-state index contributed by atoms with van der Waals surface area (Å²) in [7, 11) is 0. The average Bonchev–Trinajstić information content (AvgIpc) is 2.81. The fraction of sp³-hybridized carbons (Fsp3) is 0.176. The monoisotopic (exact) mass is 279 g/mol. The quantitative estimate of drug-likeness (QED) is 0.799. The molecule has 0 bridgehead atoms. The molecule has 0 fully saturated rings. The van der Waals surface area contributed by atoms with E-state index in [0.29, 0.717) is 0 Å². The number of hydrogen-bond donors (Lipinski definition) is 1. The molecule has 2 aromatic carbocycles. The van der Waals surface area contributed by atoms with E-state index in [9.17, 15) is 4.79 Å². The summed E-state index contributed by atoms with van der Waals surface area (Å²) < 4.78 is 1.72. The van der Waals surface area contributed by atoms with Gasteiger partial charge in [0.1, 0.15) is 6.54 Å². The molecular formula is C17H17N3O. The lowest BCUT2D eigenvalue weighted by Crippen LogP contribution is -2.19. The topological polar surface area (TPSA) is 46.9 Å². The normalized spacial score (nSPS) is 10.8. The molecule has 1 N–H and O–H groups in total. The molecule has 4 heteroatoms. The number of nitrogens with zero attached hydrogens (tertiary/aromatic N) is 2. The Labute approximate surface area is 123 Å². The summed E-state index contributed by atoms with van der Waals surface area (Å²) in [6.45, 7) is 4.24. The Balaban J connectivity index is 1.77. The van der Waals surface area contributed by atoms with Crippen LogP contribution in [0.3, 0.4) is 0 Å². The van der Waals surface area contributed by atoms with Crippen molar-refractivity contribution in [3.05, 3.63) is 59.8 Å². The zero-order valence-electron chi connectivity index (χ0n) is 12.1. The van der Waals surface area contributed by atoms with Gasteiger partial charge in [-0.3, -0.25) is 9.48 Å². The van der Waals surface area contributed by atoms with Crippen LogP contribution in [0.5, 0.6) is 0 Å². The van der Waals surface area contributed by atoms with Gasteiger partial charge in [0.2, 0.25) is 5.91 Å². The van der Waals surface area contributed by atoms with E-state index in [1.165, 1.54) is 0 Å². The van der Waals surface area contributed by atoms with Gasteiger partial charge in [-0.15, -0.1) is 0 Å². The van der Waals surface area contributed by atoms with E-state index in [0.717, 1.165) is 27.7 Å². The number of anilines is 1. The molecule has 1 aromatic heterocycles. The van der Waals surface area contributed by atoms with Crippen molar-refractivity contribution < 1.29 is 4.79 Å². The van der Waals surface area contributed by atoms with Crippen LogP contribution in [0.15, 0.2) is 48.7 Å². The first kappa shape index (κ1) is 13.4.